The fourth-order valence-electron chi connectivity index (χ4n) is 2.66. The van der Waals surface area contributed by atoms with Crippen LogP contribution in [0.3, 0.4) is 0 Å². The first-order chi connectivity index (χ1) is 11.7. The van der Waals surface area contributed by atoms with Crippen LogP contribution in [0.25, 0.3) is 6.08 Å². The number of aliphatic carboxylic acids is 1. The summed E-state index contributed by atoms with van der Waals surface area (Å²) in [4.78, 5) is 11.2. The molecule has 130 valence electrons. The Morgan fingerprint density at radius 3 is 2.36 bits per heavy atom. The lowest BCUT2D eigenvalue weighted by Gasteiger charge is -2.32. The number of halogens is 3. The van der Waals surface area contributed by atoms with Crippen molar-refractivity contribution in [1.29, 1.82) is 0 Å². The van der Waals surface area contributed by atoms with Gasteiger partial charge in [-0.3, -0.25) is 0 Å². The van der Waals surface area contributed by atoms with Crippen LogP contribution < -0.4 is 4.74 Å². The number of aryl methyl sites for hydroxylation is 1. The molecular weight excluding hydrogens is 333 g/mol. The molecule has 0 bridgehead atoms. The molecule has 1 aliphatic heterocycles. The molecule has 1 N–H and O–H groups in total. The Morgan fingerprint density at radius 2 is 1.76 bits per heavy atom. The zero-order valence-corrected chi connectivity index (χ0v) is 13.3. The molecule has 2 aromatic rings. The fraction of sp³-hybridized carbons (Fsp3) is 0.211. The van der Waals surface area contributed by atoms with Crippen LogP contribution in [0, 0.1) is 6.92 Å². The molecule has 0 saturated heterocycles. The summed E-state index contributed by atoms with van der Waals surface area (Å²) in [6.45, 7) is 1.96. The number of hydrogen-bond acceptors (Lipinski definition) is 2. The average Bonchev–Trinajstić information content (AvgIpc) is 2.55. The number of carboxylic acid groups (broad SMARTS) is 1. The van der Waals surface area contributed by atoms with Gasteiger partial charge < -0.3 is 9.84 Å². The summed E-state index contributed by atoms with van der Waals surface area (Å²) in [5.41, 5.74) is -0.105. The summed E-state index contributed by atoms with van der Waals surface area (Å²) >= 11 is 0. The van der Waals surface area contributed by atoms with Gasteiger partial charge in [0.25, 0.3) is 0 Å². The summed E-state index contributed by atoms with van der Waals surface area (Å²) in [7, 11) is 0. The third kappa shape index (κ3) is 3.12. The molecule has 1 heterocycles. The average molecular weight is 348 g/mol. The molecule has 1 atom stereocenters. The van der Waals surface area contributed by atoms with Gasteiger partial charge in [-0.1, -0.05) is 48.0 Å². The zero-order chi connectivity index (χ0) is 18.2. The van der Waals surface area contributed by atoms with E-state index in [0.29, 0.717) is 18.1 Å². The van der Waals surface area contributed by atoms with Gasteiger partial charge in [0.15, 0.2) is 0 Å². The molecule has 2 aromatic carbocycles. The van der Waals surface area contributed by atoms with Crippen molar-refractivity contribution in [3.05, 3.63) is 70.8 Å². The highest BCUT2D eigenvalue weighted by atomic mass is 19.4. The highest BCUT2D eigenvalue weighted by Gasteiger charge is 2.63. The second kappa shape index (κ2) is 5.95. The van der Waals surface area contributed by atoms with Gasteiger partial charge in [-0.05, 0) is 36.6 Å². The van der Waals surface area contributed by atoms with Gasteiger partial charge >= 0.3 is 17.7 Å². The van der Waals surface area contributed by atoms with E-state index in [1.807, 2.05) is 31.2 Å². The van der Waals surface area contributed by atoms with Crippen LogP contribution in [0.15, 0.2) is 48.5 Å². The second-order valence-corrected chi connectivity index (χ2v) is 6.01. The lowest BCUT2D eigenvalue weighted by atomic mass is 9.95. The zero-order valence-electron chi connectivity index (χ0n) is 13.3. The fourth-order valence-corrected chi connectivity index (χ4v) is 2.66. The van der Waals surface area contributed by atoms with Crippen molar-refractivity contribution in [2.75, 3.05) is 0 Å². The smallest absolute Gasteiger partial charge is 0.443 e. The van der Waals surface area contributed by atoms with Crippen molar-refractivity contribution < 1.29 is 27.8 Å². The molecular formula is C19H15F3O3. The maximum atomic E-state index is 13.3. The van der Waals surface area contributed by atoms with Gasteiger partial charge in [0.2, 0.25) is 0 Å². The van der Waals surface area contributed by atoms with E-state index in [-0.39, 0.29) is 5.75 Å². The Kier molecular flexibility index (Phi) is 4.06. The molecule has 6 heteroatoms. The predicted molar refractivity (Wildman–Crippen MR) is 86.5 cm³/mol. The number of carboxylic acids is 1. The first-order valence-corrected chi connectivity index (χ1v) is 7.58. The molecule has 3 rings (SSSR count). The van der Waals surface area contributed by atoms with Crippen LogP contribution in [0.5, 0.6) is 5.75 Å². The minimum atomic E-state index is -5.07. The molecule has 1 unspecified atom stereocenters. The molecule has 0 radical (unpaired) electrons. The number of ether oxygens (including phenoxy) is 1. The maximum absolute atomic E-state index is 13.3. The summed E-state index contributed by atoms with van der Waals surface area (Å²) in [6, 6.07) is 12.6. The van der Waals surface area contributed by atoms with Gasteiger partial charge in [-0.2, -0.15) is 13.2 Å². The Hall–Kier alpha value is -2.76. The quantitative estimate of drug-likeness (QED) is 0.896. The van der Waals surface area contributed by atoms with E-state index >= 15 is 0 Å². The van der Waals surface area contributed by atoms with E-state index < -0.39 is 17.7 Å². The van der Waals surface area contributed by atoms with Crippen molar-refractivity contribution in [3.8, 4) is 5.75 Å². The topological polar surface area (TPSA) is 46.5 Å². The largest absolute Gasteiger partial charge is 0.478 e. The summed E-state index contributed by atoms with van der Waals surface area (Å²) in [5, 5.41) is 9.08. The number of carbonyl (C=O) groups is 1. The number of benzene rings is 2. The molecule has 0 fully saturated rings. The van der Waals surface area contributed by atoms with Crippen LogP contribution in [-0.4, -0.2) is 22.9 Å². The third-order valence-electron chi connectivity index (χ3n) is 4.11. The van der Waals surface area contributed by atoms with E-state index in [1.54, 1.807) is 12.1 Å². The predicted octanol–water partition coefficient (Wildman–Crippen LogP) is 4.38. The highest BCUT2D eigenvalue weighted by Crippen LogP contribution is 2.41. The van der Waals surface area contributed by atoms with E-state index in [0.717, 1.165) is 22.8 Å². The first kappa shape index (κ1) is 17.1. The van der Waals surface area contributed by atoms with Crippen LogP contribution in [0.1, 0.15) is 22.3 Å². The van der Waals surface area contributed by atoms with Crippen molar-refractivity contribution >= 4 is 12.0 Å². The van der Waals surface area contributed by atoms with E-state index in [2.05, 4.69) is 0 Å². The molecule has 0 spiro atoms. The standard InChI is InChI=1S/C19H15F3O3/c1-12-2-4-13(5-3-12)10-14-6-7-15-8-9-18(17(23)24,19(20,21)22)25-16(15)11-14/h2-9,11H,10H2,1H3,(H,23,24). The molecule has 1 aliphatic rings. The van der Waals surface area contributed by atoms with Crippen molar-refractivity contribution in [3.63, 3.8) is 0 Å². The Balaban J connectivity index is 1.93. The van der Waals surface area contributed by atoms with Crippen molar-refractivity contribution in [2.24, 2.45) is 0 Å². The normalized spacial score (nSPS) is 19.2. The van der Waals surface area contributed by atoms with Crippen molar-refractivity contribution in [1.82, 2.24) is 0 Å². The lowest BCUT2D eigenvalue weighted by molar-refractivity contribution is -0.235. The molecule has 3 nitrogen and oxygen atoms in total. The summed E-state index contributed by atoms with van der Waals surface area (Å²) in [5.74, 6) is -2.18. The number of fused-ring (bicyclic) bond motifs is 1. The van der Waals surface area contributed by atoms with Gasteiger partial charge in [0.05, 0.1) is 0 Å². The summed E-state index contributed by atoms with van der Waals surface area (Å²) < 4.78 is 44.7. The van der Waals surface area contributed by atoms with E-state index in [9.17, 15) is 18.0 Å². The molecule has 0 aromatic heterocycles. The van der Waals surface area contributed by atoms with Crippen LogP contribution in [0.2, 0.25) is 0 Å². The SMILES string of the molecule is Cc1ccc(Cc2ccc3c(c2)OC(C(=O)O)(C(F)(F)F)C=C3)cc1. The van der Waals surface area contributed by atoms with Crippen LogP contribution in [-0.2, 0) is 11.2 Å². The molecule has 0 aliphatic carbocycles. The van der Waals surface area contributed by atoms with Crippen molar-refractivity contribution in [2.45, 2.75) is 25.1 Å². The highest BCUT2D eigenvalue weighted by molar-refractivity contribution is 5.85. The van der Waals surface area contributed by atoms with Crippen LogP contribution >= 0.6 is 0 Å². The molecule has 0 saturated carbocycles. The third-order valence-corrected chi connectivity index (χ3v) is 4.11. The Labute approximate surface area is 142 Å². The maximum Gasteiger partial charge on any atom is 0.443 e. The number of hydrogen-bond donors (Lipinski definition) is 1. The second-order valence-electron chi connectivity index (χ2n) is 6.01. The molecule has 25 heavy (non-hydrogen) atoms. The first-order valence-electron chi connectivity index (χ1n) is 7.58. The molecule has 0 amide bonds. The minimum absolute atomic E-state index is 0.0909. The lowest BCUT2D eigenvalue weighted by Crippen LogP contribution is -2.56. The monoisotopic (exact) mass is 348 g/mol. The Morgan fingerprint density at radius 1 is 1.12 bits per heavy atom. The van der Waals surface area contributed by atoms with Gasteiger partial charge in [0.1, 0.15) is 5.75 Å². The summed E-state index contributed by atoms with van der Waals surface area (Å²) in [6.07, 6.45) is -2.89. The van der Waals surface area contributed by atoms with Crippen LogP contribution in [0.4, 0.5) is 13.2 Å². The van der Waals surface area contributed by atoms with E-state index in [4.69, 9.17) is 9.84 Å². The minimum Gasteiger partial charge on any atom is -0.478 e. The number of rotatable bonds is 3. The van der Waals surface area contributed by atoms with E-state index in [1.165, 1.54) is 6.07 Å². The van der Waals surface area contributed by atoms with Gasteiger partial charge in [-0.15, -0.1) is 0 Å². The van der Waals surface area contributed by atoms with Gasteiger partial charge in [0, 0.05) is 5.56 Å². The number of alkyl halides is 3. The van der Waals surface area contributed by atoms with Gasteiger partial charge in [-0.25, -0.2) is 4.79 Å². The Bertz CT molecular complexity index is 838.